The maximum absolute atomic E-state index is 12.4. The Hall–Kier alpha value is -1.88. The van der Waals surface area contributed by atoms with Crippen molar-refractivity contribution in [1.29, 1.82) is 0 Å². The van der Waals surface area contributed by atoms with Crippen LogP contribution in [0.2, 0.25) is 0 Å². The first kappa shape index (κ1) is 19.2. The largest absolute Gasteiger partial charge is 0.444 e. The number of carbonyl (C=O) groups is 2. The summed E-state index contributed by atoms with van der Waals surface area (Å²) in [5.41, 5.74) is -0.608. The van der Waals surface area contributed by atoms with Crippen molar-refractivity contribution in [3.8, 4) is 0 Å². The van der Waals surface area contributed by atoms with Crippen molar-refractivity contribution in [3.63, 3.8) is 0 Å². The SMILES string of the molecule is CC(C)C[C@@H](N=C=O)NC(=O)[C@@H]1CCCN1C(=O)OC(C)(C)C. The number of hydrogen-bond donors (Lipinski definition) is 1. The lowest BCUT2D eigenvalue weighted by Crippen LogP contribution is -2.49. The number of amides is 2. The minimum absolute atomic E-state index is 0.267. The molecule has 1 saturated heterocycles. The van der Waals surface area contributed by atoms with Crippen LogP contribution in [-0.2, 0) is 14.3 Å². The van der Waals surface area contributed by atoms with Gasteiger partial charge in [0, 0.05) is 6.54 Å². The van der Waals surface area contributed by atoms with Crippen molar-refractivity contribution in [3.05, 3.63) is 0 Å². The van der Waals surface area contributed by atoms with Gasteiger partial charge in [0.25, 0.3) is 0 Å². The average Bonchev–Trinajstić information content (AvgIpc) is 2.85. The van der Waals surface area contributed by atoms with Crippen LogP contribution in [0.1, 0.15) is 53.9 Å². The predicted octanol–water partition coefficient (Wildman–Crippen LogP) is 2.21. The predicted molar refractivity (Wildman–Crippen MR) is 85.5 cm³/mol. The van der Waals surface area contributed by atoms with E-state index in [9.17, 15) is 14.4 Å². The summed E-state index contributed by atoms with van der Waals surface area (Å²) in [7, 11) is 0. The molecule has 0 radical (unpaired) electrons. The Labute approximate surface area is 137 Å². The molecule has 7 nitrogen and oxygen atoms in total. The normalized spacial score (nSPS) is 19.2. The Balaban J connectivity index is 2.73. The number of likely N-dealkylation sites (tertiary alicyclic amines) is 1. The first-order valence-corrected chi connectivity index (χ1v) is 8.01. The first-order chi connectivity index (χ1) is 10.6. The van der Waals surface area contributed by atoms with Crippen LogP contribution in [-0.4, -0.2) is 47.3 Å². The van der Waals surface area contributed by atoms with Crippen LogP contribution < -0.4 is 5.32 Å². The fourth-order valence-corrected chi connectivity index (χ4v) is 2.49. The Morgan fingerprint density at radius 3 is 2.57 bits per heavy atom. The van der Waals surface area contributed by atoms with Crippen molar-refractivity contribution < 1.29 is 19.1 Å². The zero-order chi connectivity index (χ0) is 17.6. The minimum atomic E-state index is -0.610. The van der Waals surface area contributed by atoms with Crippen molar-refractivity contribution in [2.75, 3.05) is 6.54 Å². The van der Waals surface area contributed by atoms with Crippen molar-refractivity contribution in [2.24, 2.45) is 10.9 Å². The van der Waals surface area contributed by atoms with E-state index in [2.05, 4.69) is 10.3 Å². The Morgan fingerprint density at radius 1 is 1.39 bits per heavy atom. The molecule has 0 bridgehead atoms. The topological polar surface area (TPSA) is 88.1 Å². The molecular weight excluding hydrogens is 298 g/mol. The van der Waals surface area contributed by atoms with Crippen LogP contribution in [0, 0.1) is 5.92 Å². The van der Waals surface area contributed by atoms with Gasteiger partial charge < -0.3 is 10.1 Å². The van der Waals surface area contributed by atoms with E-state index in [1.54, 1.807) is 20.8 Å². The highest BCUT2D eigenvalue weighted by Gasteiger charge is 2.37. The van der Waals surface area contributed by atoms with E-state index >= 15 is 0 Å². The quantitative estimate of drug-likeness (QED) is 0.620. The van der Waals surface area contributed by atoms with E-state index in [4.69, 9.17) is 4.74 Å². The molecule has 0 aromatic rings. The number of carbonyl (C=O) groups excluding carboxylic acids is 3. The highest BCUT2D eigenvalue weighted by Crippen LogP contribution is 2.21. The molecule has 0 aliphatic carbocycles. The summed E-state index contributed by atoms with van der Waals surface area (Å²) in [6.07, 6.45) is 2.24. The molecule has 0 aromatic carbocycles. The Kier molecular flexibility index (Phi) is 6.76. The third-order valence-corrected chi connectivity index (χ3v) is 3.40. The minimum Gasteiger partial charge on any atom is -0.444 e. The highest BCUT2D eigenvalue weighted by atomic mass is 16.6. The van der Waals surface area contributed by atoms with Gasteiger partial charge in [0.05, 0.1) is 0 Å². The van der Waals surface area contributed by atoms with Gasteiger partial charge in [-0.25, -0.2) is 9.59 Å². The molecular formula is C16H27N3O4. The Bertz CT molecular complexity index is 478. The average molecular weight is 325 g/mol. The van der Waals surface area contributed by atoms with Gasteiger partial charge in [-0.15, -0.1) is 0 Å². The van der Waals surface area contributed by atoms with Crippen molar-refractivity contribution >= 4 is 18.1 Å². The molecule has 0 aromatic heterocycles. The fourth-order valence-electron chi connectivity index (χ4n) is 2.49. The highest BCUT2D eigenvalue weighted by molar-refractivity contribution is 5.86. The molecule has 1 rings (SSSR count). The van der Waals surface area contributed by atoms with Gasteiger partial charge in [0.2, 0.25) is 12.0 Å². The summed E-state index contributed by atoms with van der Waals surface area (Å²) in [4.78, 5) is 40.2. The van der Waals surface area contributed by atoms with Crippen LogP contribution in [0.3, 0.4) is 0 Å². The molecule has 1 aliphatic rings. The second kappa shape index (κ2) is 8.11. The number of hydrogen-bond acceptors (Lipinski definition) is 5. The molecule has 2 atom stereocenters. The fraction of sp³-hybridized carbons (Fsp3) is 0.812. The third-order valence-electron chi connectivity index (χ3n) is 3.40. The maximum atomic E-state index is 12.4. The van der Waals surface area contributed by atoms with Gasteiger partial charge in [-0.1, -0.05) is 13.8 Å². The zero-order valence-electron chi connectivity index (χ0n) is 14.6. The monoisotopic (exact) mass is 325 g/mol. The molecule has 7 heteroatoms. The maximum Gasteiger partial charge on any atom is 0.410 e. The van der Waals surface area contributed by atoms with Gasteiger partial charge >= 0.3 is 6.09 Å². The van der Waals surface area contributed by atoms with Gasteiger partial charge in [0.15, 0.2) is 0 Å². The Morgan fingerprint density at radius 2 is 2.04 bits per heavy atom. The lowest BCUT2D eigenvalue weighted by molar-refractivity contribution is -0.126. The molecule has 1 heterocycles. The van der Waals surface area contributed by atoms with Crippen LogP contribution in [0.25, 0.3) is 0 Å². The summed E-state index contributed by atoms with van der Waals surface area (Å²) in [5.74, 6) is -0.0408. The molecule has 1 N–H and O–H groups in total. The van der Waals surface area contributed by atoms with Gasteiger partial charge in [-0.3, -0.25) is 9.69 Å². The van der Waals surface area contributed by atoms with E-state index < -0.39 is 23.9 Å². The van der Waals surface area contributed by atoms with Gasteiger partial charge in [0.1, 0.15) is 17.8 Å². The van der Waals surface area contributed by atoms with E-state index in [0.717, 1.165) is 6.42 Å². The lowest BCUT2D eigenvalue weighted by atomic mass is 10.1. The number of ether oxygens (including phenoxy) is 1. The standard InChI is InChI=1S/C16H27N3O4/c1-11(2)9-13(17-10-20)18-14(21)12-7-6-8-19(12)15(22)23-16(3,4)5/h11-13H,6-9H2,1-5H3,(H,18,21)/t12-,13-/m0/s1. The molecule has 130 valence electrons. The van der Waals surface area contributed by atoms with Crippen LogP contribution in [0.4, 0.5) is 4.79 Å². The summed E-state index contributed by atoms with van der Waals surface area (Å²) >= 11 is 0. The van der Waals surface area contributed by atoms with Crippen molar-refractivity contribution in [1.82, 2.24) is 10.2 Å². The summed E-state index contributed by atoms with van der Waals surface area (Å²) < 4.78 is 5.34. The number of nitrogens with zero attached hydrogens (tertiary/aromatic N) is 2. The first-order valence-electron chi connectivity index (χ1n) is 8.01. The van der Waals surface area contributed by atoms with Crippen LogP contribution in [0.5, 0.6) is 0 Å². The number of rotatable bonds is 5. The molecule has 2 amide bonds. The van der Waals surface area contributed by atoms with Gasteiger partial charge in [-0.2, -0.15) is 4.99 Å². The van der Waals surface area contributed by atoms with Crippen molar-refractivity contribution in [2.45, 2.75) is 71.7 Å². The second-order valence-electron chi connectivity index (χ2n) is 7.21. The summed E-state index contributed by atoms with van der Waals surface area (Å²) in [6, 6.07) is -0.582. The molecule has 0 spiro atoms. The molecule has 0 saturated carbocycles. The van der Waals surface area contributed by atoms with E-state index in [-0.39, 0.29) is 11.8 Å². The molecule has 0 unspecified atom stereocenters. The van der Waals surface area contributed by atoms with Crippen LogP contribution >= 0.6 is 0 Å². The number of nitrogens with one attached hydrogen (secondary N) is 1. The summed E-state index contributed by atoms with van der Waals surface area (Å²) in [6.45, 7) is 9.79. The van der Waals surface area contributed by atoms with E-state index in [1.807, 2.05) is 13.8 Å². The van der Waals surface area contributed by atoms with Crippen LogP contribution in [0.15, 0.2) is 4.99 Å². The number of isocyanates is 1. The number of aliphatic imine (C=N–C) groups is 1. The van der Waals surface area contributed by atoms with E-state index in [1.165, 1.54) is 11.0 Å². The second-order valence-corrected chi connectivity index (χ2v) is 7.21. The molecule has 23 heavy (non-hydrogen) atoms. The van der Waals surface area contributed by atoms with E-state index in [0.29, 0.717) is 19.4 Å². The van der Waals surface area contributed by atoms with Gasteiger partial charge in [-0.05, 0) is 46.0 Å². The smallest absolute Gasteiger partial charge is 0.410 e. The lowest BCUT2D eigenvalue weighted by Gasteiger charge is -2.28. The molecule has 1 aliphatic heterocycles. The molecule has 1 fully saturated rings. The zero-order valence-corrected chi connectivity index (χ0v) is 14.6. The third kappa shape index (κ3) is 6.40. The summed E-state index contributed by atoms with van der Waals surface area (Å²) in [5, 5.41) is 2.72.